The van der Waals surface area contributed by atoms with Crippen LogP contribution in [0.5, 0.6) is 0 Å². The minimum Gasteiger partial charge on any atom is -0.469 e. The van der Waals surface area contributed by atoms with Crippen molar-refractivity contribution in [2.75, 3.05) is 13.7 Å². The first-order valence-corrected chi connectivity index (χ1v) is 6.49. The predicted octanol–water partition coefficient (Wildman–Crippen LogP) is 1.08. The summed E-state index contributed by atoms with van der Waals surface area (Å²) in [6, 6.07) is 3.97. The van der Waals surface area contributed by atoms with Crippen molar-refractivity contribution in [2.45, 2.75) is 31.3 Å². The molecule has 4 nitrogen and oxygen atoms in total. The second kappa shape index (κ2) is 5.16. The molecular formula is C12H17NO3S. The topological polar surface area (TPSA) is 58.6 Å². The second-order valence-electron chi connectivity index (χ2n) is 4.41. The van der Waals surface area contributed by atoms with Gasteiger partial charge in [0.2, 0.25) is 0 Å². The lowest BCUT2D eigenvalue weighted by Gasteiger charge is -2.12. The molecule has 0 bridgehead atoms. The first-order valence-electron chi connectivity index (χ1n) is 5.68. The fraction of sp³-hybridized carbons (Fsp3) is 0.583. The van der Waals surface area contributed by atoms with Gasteiger partial charge in [-0.25, -0.2) is 0 Å². The fourth-order valence-corrected chi connectivity index (χ4v) is 2.59. The molecule has 0 aromatic carbocycles. The molecule has 1 aromatic rings. The number of carbonyl (C=O) groups excluding carboxylic acids is 1. The Balaban J connectivity index is 1.84. The van der Waals surface area contributed by atoms with Crippen LogP contribution in [0.3, 0.4) is 0 Å². The summed E-state index contributed by atoms with van der Waals surface area (Å²) in [7, 11) is 1.40. The summed E-state index contributed by atoms with van der Waals surface area (Å²) in [4.78, 5) is 13.3. The maximum Gasteiger partial charge on any atom is 0.310 e. The van der Waals surface area contributed by atoms with Crippen LogP contribution in [0.25, 0.3) is 0 Å². The monoisotopic (exact) mass is 255 g/mol. The first-order chi connectivity index (χ1) is 8.17. The van der Waals surface area contributed by atoms with Gasteiger partial charge in [-0.1, -0.05) is 0 Å². The Morgan fingerprint density at radius 3 is 2.82 bits per heavy atom. The highest BCUT2D eigenvalue weighted by Gasteiger charge is 2.41. The predicted molar refractivity (Wildman–Crippen MR) is 65.9 cm³/mol. The van der Waals surface area contributed by atoms with E-state index in [0.29, 0.717) is 6.42 Å². The van der Waals surface area contributed by atoms with E-state index >= 15 is 0 Å². The van der Waals surface area contributed by atoms with Gasteiger partial charge < -0.3 is 15.2 Å². The van der Waals surface area contributed by atoms with Crippen molar-refractivity contribution in [1.29, 1.82) is 0 Å². The lowest BCUT2D eigenvalue weighted by Crippen LogP contribution is -2.33. The van der Waals surface area contributed by atoms with E-state index in [1.54, 1.807) is 11.3 Å². The van der Waals surface area contributed by atoms with Crippen LogP contribution in [-0.2, 0) is 22.5 Å². The summed E-state index contributed by atoms with van der Waals surface area (Å²) in [6.45, 7) is 0.958. The molecule has 17 heavy (non-hydrogen) atoms. The average Bonchev–Trinajstić information content (AvgIpc) is 3.00. The minimum absolute atomic E-state index is 0.0352. The Bertz CT molecular complexity index is 398. The third-order valence-corrected chi connectivity index (χ3v) is 4.14. The first kappa shape index (κ1) is 12.5. The molecule has 0 saturated heterocycles. The molecule has 0 radical (unpaired) electrons. The molecule has 1 aliphatic rings. The summed E-state index contributed by atoms with van der Waals surface area (Å²) in [6.07, 6.45) is 2.43. The number of carbonyl (C=O) groups is 1. The van der Waals surface area contributed by atoms with E-state index in [1.807, 2.05) is 12.1 Å². The smallest absolute Gasteiger partial charge is 0.310 e. The van der Waals surface area contributed by atoms with E-state index in [1.165, 1.54) is 12.0 Å². The summed E-state index contributed by atoms with van der Waals surface area (Å²) in [5, 5.41) is 12.5. The maximum absolute atomic E-state index is 11.1. The van der Waals surface area contributed by atoms with Gasteiger partial charge >= 0.3 is 5.97 Å². The number of nitrogens with one attached hydrogen (secondary N) is 1. The molecule has 0 spiro atoms. The minimum atomic E-state index is -0.208. The zero-order valence-corrected chi connectivity index (χ0v) is 10.7. The van der Waals surface area contributed by atoms with Crippen molar-refractivity contribution in [3.8, 4) is 0 Å². The van der Waals surface area contributed by atoms with Crippen molar-refractivity contribution >= 4 is 17.3 Å². The van der Waals surface area contributed by atoms with Gasteiger partial charge in [-0.15, -0.1) is 11.3 Å². The van der Waals surface area contributed by atoms with Crippen LogP contribution in [0, 0.1) is 0 Å². The number of thiophene rings is 1. The molecular weight excluding hydrogens is 238 g/mol. The van der Waals surface area contributed by atoms with Crippen LogP contribution in [0.4, 0.5) is 0 Å². The second-order valence-corrected chi connectivity index (χ2v) is 5.67. The van der Waals surface area contributed by atoms with E-state index in [-0.39, 0.29) is 18.1 Å². The van der Waals surface area contributed by atoms with Gasteiger partial charge in [0.25, 0.3) is 0 Å². The quantitative estimate of drug-likeness (QED) is 0.747. The number of aliphatic hydroxyl groups excluding tert-OH is 1. The third kappa shape index (κ3) is 3.28. The van der Waals surface area contributed by atoms with Crippen molar-refractivity contribution < 1.29 is 14.6 Å². The molecule has 1 aliphatic carbocycles. The van der Waals surface area contributed by atoms with Crippen LogP contribution in [0.2, 0.25) is 0 Å². The maximum atomic E-state index is 11.1. The zero-order chi connectivity index (χ0) is 12.3. The van der Waals surface area contributed by atoms with Crippen molar-refractivity contribution in [3.05, 3.63) is 21.9 Å². The molecule has 1 fully saturated rings. The molecule has 5 heteroatoms. The van der Waals surface area contributed by atoms with Gasteiger partial charge in [-0.2, -0.15) is 0 Å². The Labute approximate surface area is 105 Å². The molecule has 94 valence electrons. The van der Waals surface area contributed by atoms with Crippen molar-refractivity contribution in [2.24, 2.45) is 0 Å². The lowest BCUT2D eigenvalue weighted by atomic mass is 10.3. The number of hydrogen-bond donors (Lipinski definition) is 2. The SMILES string of the molecule is COC(=O)Cc1ccc(CNC2(CO)CC2)s1. The van der Waals surface area contributed by atoms with E-state index in [9.17, 15) is 9.90 Å². The van der Waals surface area contributed by atoms with Crippen LogP contribution in [-0.4, -0.2) is 30.3 Å². The van der Waals surface area contributed by atoms with Crippen LogP contribution in [0.15, 0.2) is 12.1 Å². The van der Waals surface area contributed by atoms with Gasteiger partial charge in [0.15, 0.2) is 0 Å². The highest BCUT2D eigenvalue weighted by Crippen LogP contribution is 2.35. The van der Waals surface area contributed by atoms with Gasteiger partial charge in [0, 0.05) is 21.8 Å². The highest BCUT2D eigenvalue weighted by molar-refractivity contribution is 7.12. The van der Waals surface area contributed by atoms with E-state index in [0.717, 1.165) is 24.3 Å². The van der Waals surface area contributed by atoms with Crippen LogP contribution in [0.1, 0.15) is 22.6 Å². The number of methoxy groups -OCH3 is 1. The number of rotatable bonds is 6. The normalized spacial score (nSPS) is 16.8. The summed E-state index contributed by atoms with van der Waals surface area (Å²) < 4.78 is 4.62. The summed E-state index contributed by atoms with van der Waals surface area (Å²) in [5.74, 6) is -0.208. The lowest BCUT2D eigenvalue weighted by molar-refractivity contribution is -0.139. The van der Waals surface area contributed by atoms with Gasteiger partial charge in [0.1, 0.15) is 0 Å². The molecule has 0 unspecified atom stereocenters. The largest absolute Gasteiger partial charge is 0.469 e. The third-order valence-electron chi connectivity index (χ3n) is 3.06. The molecule has 0 atom stereocenters. The van der Waals surface area contributed by atoms with E-state index in [4.69, 9.17) is 0 Å². The molecule has 1 aromatic heterocycles. The fourth-order valence-electron chi connectivity index (χ4n) is 1.64. The zero-order valence-electron chi connectivity index (χ0n) is 9.86. The van der Waals surface area contributed by atoms with Gasteiger partial charge in [0.05, 0.1) is 20.1 Å². The number of hydrogen-bond acceptors (Lipinski definition) is 5. The number of ether oxygens (including phenoxy) is 1. The number of aliphatic hydroxyl groups is 1. The molecule has 1 saturated carbocycles. The summed E-state index contributed by atoms with van der Waals surface area (Å²) >= 11 is 1.61. The van der Waals surface area contributed by atoms with E-state index in [2.05, 4.69) is 10.1 Å². The molecule has 2 N–H and O–H groups in total. The highest BCUT2D eigenvalue weighted by atomic mass is 32.1. The Kier molecular flexibility index (Phi) is 3.81. The Hall–Kier alpha value is -0.910. The van der Waals surface area contributed by atoms with Crippen molar-refractivity contribution in [3.63, 3.8) is 0 Å². The van der Waals surface area contributed by atoms with Crippen molar-refractivity contribution in [1.82, 2.24) is 5.32 Å². The average molecular weight is 255 g/mol. The standard InChI is InChI=1S/C12H17NO3S/c1-16-11(15)6-9-2-3-10(17-9)7-13-12(8-14)4-5-12/h2-3,13-14H,4-8H2,1H3. The molecule has 0 aliphatic heterocycles. The van der Waals surface area contributed by atoms with Gasteiger partial charge in [-0.05, 0) is 25.0 Å². The molecule has 0 amide bonds. The summed E-state index contributed by atoms with van der Waals surface area (Å²) in [5.41, 5.74) is -0.0352. The van der Waals surface area contributed by atoms with Crippen LogP contribution < -0.4 is 5.32 Å². The Morgan fingerprint density at radius 2 is 2.24 bits per heavy atom. The van der Waals surface area contributed by atoms with E-state index < -0.39 is 0 Å². The van der Waals surface area contributed by atoms with Gasteiger partial charge in [-0.3, -0.25) is 4.79 Å². The Morgan fingerprint density at radius 1 is 1.53 bits per heavy atom. The number of esters is 1. The molecule has 1 heterocycles. The van der Waals surface area contributed by atoms with Crippen LogP contribution >= 0.6 is 11.3 Å². The molecule has 2 rings (SSSR count).